The number of aromatic amines is 1. The molecule has 0 atom stereocenters. The van der Waals surface area contributed by atoms with Crippen LogP contribution in [0.3, 0.4) is 0 Å². The van der Waals surface area contributed by atoms with E-state index in [-0.39, 0.29) is 11.5 Å². The number of anilines is 1. The molecule has 0 saturated carbocycles. The average molecular weight is 265 g/mol. The van der Waals surface area contributed by atoms with E-state index in [1.807, 2.05) is 6.92 Å². The van der Waals surface area contributed by atoms with Gasteiger partial charge in [0.1, 0.15) is 5.00 Å². The SMILES string of the molecule is Cc1sc(NC(=O)c2cn[nH]c2)c(C(=O)O)c1C. The number of hydrogen-bond acceptors (Lipinski definition) is 4. The third-order valence-electron chi connectivity index (χ3n) is 2.59. The lowest BCUT2D eigenvalue weighted by atomic mass is 10.1. The first-order valence-electron chi connectivity index (χ1n) is 5.14. The molecule has 2 heterocycles. The third kappa shape index (κ3) is 2.12. The van der Waals surface area contributed by atoms with Crippen molar-refractivity contribution in [1.29, 1.82) is 0 Å². The summed E-state index contributed by atoms with van der Waals surface area (Å²) in [5, 5.41) is 18.3. The number of amides is 1. The van der Waals surface area contributed by atoms with E-state index in [9.17, 15) is 9.59 Å². The van der Waals surface area contributed by atoms with E-state index in [4.69, 9.17) is 5.11 Å². The molecule has 94 valence electrons. The van der Waals surface area contributed by atoms with Crippen molar-refractivity contribution in [2.45, 2.75) is 13.8 Å². The quantitative estimate of drug-likeness (QED) is 0.791. The molecular weight excluding hydrogens is 254 g/mol. The zero-order valence-corrected chi connectivity index (χ0v) is 10.6. The Morgan fingerprint density at radius 3 is 2.72 bits per heavy atom. The Morgan fingerprint density at radius 1 is 1.44 bits per heavy atom. The average Bonchev–Trinajstić information content (AvgIpc) is 2.88. The molecule has 0 bridgehead atoms. The fourth-order valence-corrected chi connectivity index (χ4v) is 2.57. The van der Waals surface area contributed by atoms with Gasteiger partial charge >= 0.3 is 5.97 Å². The number of carboxylic acids is 1. The highest BCUT2D eigenvalue weighted by atomic mass is 32.1. The molecule has 0 aliphatic rings. The maximum atomic E-state index is 11.8. The summed E-state index contributed by atoms with van der Waals surface area (Å²) < 4.78 is 0. The Hall–Kier alpha value is -2.15. The van der Waals surface area contributed by atoms with Crippen molar-refractivity contribution in [1.82, 2.24) is 10.2 Å². The van der Waals surface area contributed by atoms with Gasteiger partial charge in [0.15, 0.2) is 0 Å². The van der Waals surface area contributed by atoms with Gasteiger partial charge in [0.05, 0.1) is 17.3 Å². The molecule has 0 radical (unpaired) electrons. The number of aryl methyl sites for hydroxylation is 1. The molecule has 6 nitrogen and oxygen atoms in total. The standard InChI is InChI=1S/C11H11N3O3S/c1-5-6(2)18-10(8(5)11(16)17)14-9(15)7-3-12-13-4-7/h3-4H,1-2H3,(H,12,13)(H,14,15)(H,16,17). The third-order valence-corrected chi connectivity index (χ3v) is 3.71. The number of aromatic carboxylic acids is 1. The normalized spacial score (nSPS) is 10.3. The predicted octanol–water partition coefficient (Wildman–Crippen LogP) is 2.04. The second kappa shape index (κ2) is 4.61. The molecule has 0 aromatic carbocycles. The van der Waals surface area contributed by atoms with Crippen LogP contribution in [-0.4, -0.2) is 27.2 Å². The number of carbonyl (C=O) groups excluding carboxylic acids is 1. The number of nitrogens with one attached hydrogen (secondary N) is 2. The van der Waals surface area contributed by atoms with Crippen LogP contribution in [0.25, 0.3) is 0 Å². The van der Waals surface area contributed by atoms with Crippen molar-refractivity contribution in [3.63, 3.8) is 0 Å². The first-order chi connectivity index (χ1) is 8.50. The van der Waals surface area contributed by atoms with Gasteiger partial charge in [0.2, 0.25) is 0 Å². The van der Waals surface area contributed by atoms with E-state index in [1.165, 1.54) is 23.7 Å². The summed E-state index contributed by atoms with van der Waals surface area (Å²) in [6.45, 7) is 3.54. The Balaban J connectivity index is 2.32. The van der Waals surface area contributed by atoms with Gasteiger partial charge in [-0.2, -0.15) is 5.10 Å². The molecule has 0 aliphatic carbocycles. The summed E-state index contributed by atoms with van der Waals surface area (Å²) in [4.78, 5) is 23.8. The second-order valence-corrected chi connectivity index (χ2v) is 4.96. The lowest BCUT2D eigenvalue weighted by Gasteiger charge is -2.02. The fourth-order valence-electron chi connectivity index (χ4n) is 1.52. The van der Waals surface area contributed by atoms with Gasteiger partial charge in [-0.25, -0.2) is 4.79 Å². The van der Waals surface area contributed by atoms with Gasteiger partial charge in [0, 0.05) is 11.1 Å². The van der Waals surface area contributed by atoms with Crippen LogP contribution >= 0.6 is 11.3 Å². The van der Waals surface area contributed by atoms with E-state index < -0.39 is 5.97 Å². The topological polar surface area (TPSA) is 95.1 Å². The molecule has 18 heavy (non-hydrogen) atoms. The van der Waals surface area contributed by atoms with Crippen LogP contribution in [0.1, 0.15) is 31.2 Å². The van der Waals surface area contributed by atoms with Gasteiger partial charge in [-0.3, -0.25) is 9.89 Å². The lowest BCUT2D eigenvalue weighted by Crippen LogP contribution is -2.12. The molecule has 1 amide bonds. The van der Waals surface area contributed by atoms with Crippen molar-refractivity contribution in [3.05, 3.63) is 34.0 Å². The molecule has 7 heteroatoms. The van der Waals surface area contributed by atoms with E-state index in [0.29, 0.717) is 16.1 Å². The smallest absolute Gasteiger partial charge is 0.338 e. The van der Waals surface area contributed by atoms with Gasteiger partial charge in [-0.1, -0.05) is 0 Å². The summed E-state index contributed by atoms with van der Waals surface area (Å²) in [5.41, 5.74) is 1.18. The highest BCUT2D eigenvalue weighted by molar-refractivity contribution is 7.16. The summed E-state index contributed by atoms with van der Waals surface area (Å²) >= 11 is 1.25. The van der Waals surface area contributed by atoms with E-state index in [1.54, 1.807) is 6.92 Å². The number of carbonyl (C=O) groups is 2. The van der Waals surface area contributed by atoms with Crippen molar-refractivity contribution in [3.8, 4) is 0 Å². The summed E-state index contributed by atoms with van der Waals surface area (Å²) in [7, 11) is 0. The summed E-state index contributed by atoms with van der Waals surface area (Å²) in [6, 6.07) is 0. The van der Waals surface area contributed by atoms with Crippen molar-refractivity contribution >= 4 is 28.2 Å². The molecule has 2 rings (SSSR count). The number of aromatic nitrogens is 2. The lowest BCUT2D eigenvalue weighted by molar-refractivity contribution is 0.0697. The van der Waals surface area contributed by atoms with Gasteiger partial charge in [-0.05, 0) is 19.4 Å². The van der Waals surface area contributed by atoms with Crippen LogP contribution in [0.5, 0.6) is 0 Å². The van der Waals surface area contributed by atoms with E-state index in [0.717, 1.165) is 4.88 Å². The zero-order valence-electron chi connectivity index (χ0n) is 9.77. The number of rotatable bonds is 3. The first-order valence-corrected chi connectivity index (χ1v) is 5.95. The summed E-state index contributed by atoms with van der Waals surface area (Å²) in [5.74, 6) is -1.42. The molecule has 0 spiro atoms. The van der Waals surface area contributed by atoms with Crippen LogP contribution in [0.4, 0.5) is 5.00 Å². The Bertz CT molecular complexity index is 601. The van der Waals surface area contributed by atoms with Crippen molar-refractivity contribution in [2.24, 2.45) is 0 Å². The van der Waals surface area contributed by atoms with Crippen LogP contribution in [0.15, 0.2) is 12.4 Å². The van der Waals surface area contributed by atoms with Crippen LogP contribution in [0.2, 0.25) is 0 Å². The van der Waals surface area contributed by atoms with Crippen LogP contribution in [0, 0.1) is 13.8 Å². The maximum absolute atomic E-state index is 11.8. The number of hydrogen-bond donors (Lipinski definition) is 3. The Morgan fingerprint density at radius 2 is 2.17 bits per heavy atom. The fraction of sp³-hybridized carbons (Fsp3) is 0.182. The molecule has 0 saturated heterocycles. The Kier molecular flexibility index (Phi) is 3.15. The van der Waals surface area contributed by atoms with Gasteiger partial charge < -0.3 is 10.4 Å². The molecular formula is C11H11N3O3S. The molecule has 0 fully saturated rings. The molecule has 0 unspecified atom stereocenters. The van der Waals surface area contributed by atoms with E-state index >= 15 is 0 Å². The number of nitrogens with zero attached hydrogens (tertiary/aromatic N) is 1. The number of thiophene rings is 1. The zero-order chi connectivity index (χ0) is 13.3. The van der Waals surface area contributed by atoms with Gasteiger partial charge in [-0.15, -0.1) is 11.3 Å². The van der Waals surface area contributed by atoms with Crippen LogP contribution in [-0.2, 0) is 0 Å². The largest absolute Gasteiger partial charge is 0.478 e. The molecule has 2 aromatic rings. The highest BCUT2D eigenvalue weighted by Gasteiger charge is 2.20. The number of H-pyrrole nitrogens is 1. The van der Waals surface area contributed by atoms with E-state index in [2.05, 4.69) is 15.5 Å². The summed E-state index contributed by atoms with van der Waals surface area (Å²) in [6.07, 6.45) is 2.83. The highest BCUT2D eigenvalue weighted by Crippen LogP contribution is 2.32. The van der Waals surface area contributed by atoms with Crippen molar-refractivity contribution < 1.29 is 14.7 Å². The predicted molar refractivity (Wildman–Crippen MR) is 67.3 cm³/mol. The maximum Gasteiger partial charge on any atom is 0.338 e. The minimum absolute atomic E-state index is 0.148. The minimum atomic E-state index is -1.04. The van der Waals surface area contributed by atoms with Gasteiger partial charge in [0.25, 0.3) is 5.91 Å². The minimum Gasteiger partial charge on any atom is -0.478 e. The first kappa shape index (κ1) is 12.3. The molecule has 3 N–H and O–H groups in total. The van der Waals surface area contributed by atoms with Crippen molar-refractivity contribution in [2.75, 3.05) is 5.32 Å². The molecule has 0 aliphatic heterocycles. The Labute approximate surface area is 107 Å². The second-order valence-electron chi connectivity index (χ2n) is 3.73. The molecule has 2 aromatic heterocycles. The van der Waals surface area contributed by atoms with Crippen LogP contribution < -0.4 is 5.32 Å². The monoisotopic (exact) mass is 265 g/mol. The number of carboxylic acid groups (broad SMARTS) is 1.